The molecule has 2 unspecified atom stereocenters. The number of unbranched alkanes of at least 4 members (excludes halogenated alkanes) is 11. The molecule has 1 heterocycles. The number of terminal acetylenes is 1. The van der Waals surface area contributed by atoms with Gasteiger partial charge in [0.05, 0.1) is 37.0 Å². The van der Waals surface area contributed by atoms with Crippen LogP contribution >= 0.6 is 11.8 Å². The van der Waals surface area contributed by atoms with Crippen LogP contribution in [-0.2, 0) is 19.1 Å². The van der Waals surface area contributed by atoms with Gasteiger partial charge in [-0.2, -0.15) is 0 Å². The summed E-state index contributed by atoms with van der Waals surface area (Å²) in [6.45, 7) is 1.78. The zero-order valence-electron chi connectivity index (χ0n) is 37.0. The number of aliphatic hydroxyl groups excluding tert-OH is 5. The first-order chi connectivity index (χ1) is 31.7. The molecular weight excluding hydrogens is 841 g/mol. The highest BCUT2D eigenvalue weighted by atomic mass is 32.2. The first-order valence-electron chi connectivity index (χ1n) is 21.3. The third-order valence-electron chi connectivity index (χ3n) is 9.07. The van der Waals surface area contributed by atoms with Crippen molar-refractivity contribution < 1.29 is 44.6 Å². The lowest BCUT2D eigenvalue weighted by molar-refractivity contribution is -0.294. The van der Waals surface area contributed by atoms with Gasteiger partial charge in [-0.25, -0.2) is 0 Å². The van der Waals surface area contributed by atoms with Crippen LogP contribution in [0.4, 0.5) is 0 Å². The first-order valence-corrected chi connectivity index (χ1v) is 22.5. The summed E-state index contributed by atoms with van der Waals surface area (Å²) in [6.07, 6.45) is 8.69. The van der Waals surface area contributed by atoms with Gasteiger partial charge in [-0.3, -0.25) is 9.59 Å². The van der Waals surface area contributed by atoms with Gasteiger partial charge >= 0.3 is 0 Å². The van der Waals surface area contributed by atoms with Crippen molar-refractivity contribution in [3.05, 3.63) is 0 Å². The third-order valence-corrected chi connectivity index (χ3v) is 10.1. The minimum atomic E-state index is -1.67. The summed E-state index contributed by atoms with van der Waals surface area (Å²) in [7, 11) is 1.49. The maximum absolute atomic E-state index is 12.9. The Morgan fingerprint density at radius 3 is 1.54 bits per heavy atom. The molecule has 1 rings (SSSR count). The van der Waals surface area contributed by atoms with Crippen molar-refractivity contribution >= 4 is 23.6 Å². The van der Waals surface area contributed by atoms with Gasteiger partial charge < -0.3 is 45.6 Å². The Balaban J connectivity index is 2.81. The maximum atomic E-state index is 12.9. The van der Waals surface area contributed by atoms with Crippen molar-refractivity contribution in [3.8, 4) is 143 Å². The van der Waals surface area contributed by atoms with Gasteiger partial charge in [0.15, 0.2) is 6.29 Å². The molecular formula is C53H56N2O9S. The summed E-state index contributed by atoms with van der Waals surface area (Å²) in [4.78, 5) is 24.6. The fourth-order valence-corrected chi connectivity index (χ4v) is 6.60. The predicted octanol–water partition coefficient (Wildman–Crippen LogP) is 1.65. The molecule has 2 amide bonds. The number of carbonyl (C=O) groups excluding carboxylic acids is 2. The van der Waals surface area contributed by atoms with Crippen molar-refractivity contribution in [2.24, 2.45) is 0 Å². The highest BCUT2D eigenvalue weighted by Crippen LogP contribution is 2.25. The molecule has 0 aromatic rings. The number of ether oxygens (including phenoxy) is 2. The van der Waals surface area contributed by atoms with E-state index in [2.05, 4.69) is 154 Å². The number of amides is 2. The quantitative estimate of drug-likeness (QED) is 0.0558. The Labute approximate surface area is 390 Å². The molecule has 7 N–H and O–H groups in total. The molecule has 0 aromatic heterocycles. The minimum absolute atomic E-state index is 0.0759. The average Bonchev–Trinajstić information content (AvgIpc) is 3.30. The van der Waals surface area contributed by atoms with Crippen LogP contribution in [0.3, 0.4) is 0 Å². The van der Waals surface area contributed by atoms with Crippen LogP contribution in [0.2, 0.25) is 0 Å². The van der Waals surface area contributed by atoms with Crippen molar-refractivity contribution in [2.75, 3.05) is 25.2 Å². The molecule has 0 bridgehead atoms. The van der Waals surface area contributed by atoms with Crippen LogP contribution in [0.5, 0.6) is 0 Å². The second kappa shape index (κ2) is 39.3. The van der Waals surface area contributed by atoms with Gasteiger partial charge in [0.2, 0.25) is 11.8 Å². The summed E-state index contributed by atoms with van der Waals surface area (Å²) in [6, 6.07) is -1.17. The zero-order valence-corrected chi connectivity index (χ0v) is 37.8. The number of hydrogen-bond acceptors (Lipinski definition) is 10. The molecule has 0 saturated carbocycles. The topological polar surface area (TPSA) is 178 Å². The number of thioether (sulfide) groups is 1. The predicted molar refractivity (Wildman–Crippen MR) is 253 cm³/mol. The molecule has 8 atom stereocenters. The van der Waals surface area contributed by atoms with E-state index in [0.717, 1.165) is 31.0 Å². The molecule has 0 aliphatic carbocycles. The summed E-state index contributed by atoms with van der Waals surface area (Å²) >= 11 is 1.15. The highest BCUT2D eigenvalue weighted by Gasteiger charge is 2.44. The third kappa shape index (κ3) is 29.7. The van der Waals surface area contributed by atoms with Gasteiger partial charge in [0, 0.05) is 48.3 Å². The smallest absolute Gasteiger partial charge is 0.232 e. The highest BCUT2D eigenvalue weighted by molar-refractivity contribution is 8.00. The fraction of sp³-hybridized carbons (Fsp3) is 0.509. The van der Waals surface area contributed by atoms with Crippen molar-refractivity contribution in [1.82, 2.24) is 10.6 Å². The lowest BCUT2D eigenvalue weighted by Crippen LogP contribution is -2.60. The normalized spacial score (nSPS) is 17.3. The zero-order chi connectivity index (χ0) is 47.6. The summed E-state index contributed by atoms with van der Waals surface area (Å²) < 4.78 is 11.5. The van der Waals surface area contributed by atoms with E-state index in [1.54, 1.807) is 0 Å². The van der Waals surface area contributed by atoms with E-state index in [9.17, 15) is 35.1 Å². The van der Waals surface area contributed by atoms with Crippen LogP contribution in [-0.4, -0.2) is 111 Å². The first kappa shape index (κ1) is 56.7. The Morgan fingerprint density at radius 1 is 0.631 bits per heavy atom. The van der Waals surface area contributed by atoms with E-state index in [1.165, 1.54) is 58.4 Å². The van der Waals surface area contributed by atoms with E-state index in [-0.39, 0.29) is 30.3 Å². The molecule has 338 valence electrons. The van der Waals surface area contributed by atoms with Crippen molar-refractivity contribution in [2.45, 2.75) is 146 Å². The van der Waals surface area contributed by atoms with Crippen LogP contribution in [0.1, 0.15) is 96.8 Å². The van der Waals surface area contributed by atoms with Gasteiger partial charge in [0.25, 0.3) is 0 Å². The monoisotopic (exact) mass is 896 g/mol. The van der Waals surface area contributed by atoms with Crippen molar-refractivity contribution in [1.29, 1.82) is 0 Å². The lowest BCUT2D eigenvalue weighted by Gasteiger charge is -2.41. The SMILES string of the molecule is C#CC#CC#CC#CC#CC#CC#CC#CC#CC#CC#CC#CCC(=O)N[C@@H](CO[C@H]1OC(CSCC(=O)NC)[C@H](O)[C@H](O)C1O)[C@H](O)[C@H](O)CCCCCCCCCCCCCC. The van der Waals surface area contributed by atoms with E-state index < -0.39 is 61.5 Å². The molecule has 1 aliphatic heterocycles. The Bertz CT molecular complexity index is 2280. The maximum Gasteiger partial charge on any atom is 0.232 e. The number of aliphatic hydroxyl groups is 5. The van der Waals surface area contributed by atoms with Crippen LogP contribution in [0.15, 0.2) is 0 Å². The molecule has 12 heteroatoms. The largest absolute Gasteiger partial charge is 0.390 e. The van der Waals surface area contributed by atoms with Gasteiger partial charge in [-0.1, -0.05) is 89.9 Å². The van der Waals surface area contributed by atoms with Crippen LogP contribution in [0, 0.1) is 143 Å². The number of carbonyl (C=O) groups is 2. The molecule has 0 spiro atoms. The number of rotatable bonds is 24. The molecule has 65 heavy (non-hydrogen) atoms. The van der Waals surface area contributed by atoms with Crippen LogP contribution < -0.4 is 10.6 Å². The fourth-order valence-electron chi connectivity index (χ4n) is 5.65. The summed E-state index contributed by atoms with van der Waals surface area (Å²) in [5, 5.41) is 58.9. The molecule has 11 nitrogen and oxygen atoms in total. The number of nitrogens with one attached hydrogen (secondary N) is 2. The Morgan fingerprint density at radius 2 is 1.08 bits per heavy atom. The van der Waals surface area contributed by atoms with Gasteiger partial charge in [0.1, 0.15) is 24.4 Å². The second-order valence-corrected chi connectivity index (χ2v) is 15.1. The van der Waals surface area contributed by atoms with Crippen molar-refractivity contribution in [3.63, 3.8) is 0 Å². The van der Waals surface area contributed by atoms with Gasteiger partial charge in [-0.15, -0.1) is 18.2 Å². The average molecular weight is 897 g/mol. The van der Waals surface area contributed by atoms with E-state index in [1.807, 2.05) is 0 Å². The molecule has 0 aromatic carbocycles. The standard InChI is InChI=1S/C53H56N2O9S/c1-4-6-8-10-12-14-16-18-19-20-21-22-23-24-25-26-27-28-30-32-34-36-38-40-47(57)55-44(49(59)45(56)39-37-35-33-31-29-17-15-13-11-9-7-5-2)41-63-53-52(62)51(61)50(60)46(64-53)42-65-43-48(58)54-3/h1,44-46,49-53,56,59-62H,5,7,9,11,13,15,17,29,31,33,35,37,39-43H2,2-3H3,(H,54,58)(H,55,57)/t44-,45+,46?,49-,50-,51-,52?,53-/m0/s1. The summed E-state index contributed by atoms with van der Waals surface area (Å²) in [5.41, 5.74) is 0. The van der Waals surface area contributed by atoms with Crippen LogP contribution in [0.25, 0.3) is 0 Å². The lowest BCUT2D eigenvalue weighted by atomic mass is 9.98. The second-order valence-electron chi connectivity index (χ2n) is 14.1. The number of hydrogen-bond donors (Lipinski definition) is 7. The molecule has 0 radical (unpaired) electrons. The molecule has 1 fully saturated rings. The Hall–Kier alpha value is -6.27. The van der Waals surface area contributed by atoms with E-state index in [4.69, 9.17) is 15.9 Å². The molecule has 1 saturated heterocycles. The summed E-state index contributed by atoms with van der Waals surface area (Å²) in [5.74, 6) is 55.9. The molecule has 1 aliphatic rings. The van der Waals surface area contributed by atoms with E-state index >= 15 is 0 Å². The Kier molecular flexibility index (Phi) is 34.3. The van der Waals surface area contributed by atoms with E-state index in [0.29, 0.717) is 6.42 Å². The minimum Gasteiger partial charge on any atom is -0.390 e. The van der Waals surface area contributed by atoms with Gasteiger partial charge in [-0.05, 0) is 101 Å².